The van der Waals surface area contributed by atoms with E-state index >= 15 is 0 Å². The minimum atomic E-state index is -0.994. The molecule has 0 spiro atoms. The fraction of sp³-hybridized carbons (Fsp3) is 0.438. The van der Waals surface area contributed by atoms with E-state index in [1.807, 2.05) is 13.8 Å². The number of hydrogen-bond acceptors (Lipinski definition) is 5. The molecule has 0 saturated carbocycles. The van der Waals surface area contributed by atoms with Gasteiger partial charge in [-0.15, -0.1) is 0 Å². The Morgan fingerprint density at radius 2 is 1.96 bits per heavy atom. The summed E-state index contributed by atoms with van der Waals surface area (Å²) >= 11 is 0. The lowest BCUT2D eigenvalue weighted by molar-refractivity contribution is -0.137. The molecule has 0 atom stereocenters. The van der Waals surface area contributed by atoms with Crippen LogP contribution in [0.5, 0.6) is 5.75 Å². The Hall–Kier alpha value is -2.77. The van der Waals surface area contributed by atoms with Crippen LogP contribution in [0.25, 0.3) is 0 Å². The smallest absolute Gasteiger partial charge is 0.337 e. The Labute approximate surface area is 140 Å². The molecule has 0 unspecified atom stereocenters. The second-order valence-electron chi connectivity index (χ2n) is 5.36. The van der Waals surface area contributed by atoms with Crippen molar-refractivity contribution in [3.05, 3.63) is 23.8 Å². The van der Waals surface area contributed by atoms with E-state index in [2.05, 4.69) is 10.1 Å². The van der Waals surface area contributed by atoms with Crippen LogP contribution in [0, 0.1) is 0 Å². The van der Waals surface area contributed by atoms with E-state index in [0.29, 0.717) is 11.4 Å². The van der Waals surface area contributed by atoms with E-state index in [9.17, 15) is 14.4 Å². The van der Waals surface area contributed by atoms with Crippen molar-refractivity contribution < 1.29 is 29.0 Å². The third-order valence-corrected chi connectivity index (χ3v) is 3.01. The maximum atomic E-state index is 12.2. The number of aliphatic carboxylic acids is 1. The van der Waals surface area contributed by atoms with Crippen LogP contribution in [0.1, 0.15) is 30.6 Å². The van der Waals surface area contributed by atoms with Gasteiger partial charge in [0, 0.05) is 13.6 Å². The fourth-order valence-electron chi connectivity index (χ4n) is 1.80. The zero-order chi connectivity index (χ0) is 18.3. The van der Waals surface area contributed by atoms with Crippen LogP contribution in [0.3, 0.4) is 0 Å². The molecule has 8 nitrogen and oxygen atoms in total. The number of anilines is 1. The van der Waals surface area contributed by atoms with Gasteiger partial charge in [-0.3, -0.25) is 4.79 Å². The number of carbonyl (C=O) groups is 3. The summed E-state index contributed by atoms with van der Waals surface area (Å²) in [6, 6.07) is 4.05. The number of carboxylic acid groups (broad SMARTS) is 1. The molecule has 0 heterocycles. The summed E-state index contributed by atoms with van der Waals surface area (Å²) < 4.78 is 10.3. The van der Waals surface area contributed by atoms with Crippen molar-refractivity contribution in [1.82, 2.24) is 4.90 Å². The highest BCUT2D eigenvalue weighted by Crippen LogP contribution is 2.27. The maximum Gasteiger partial charge on any atom is 0.337 e. The van der Waals surface area contributed by atoms with E-state index in [0.717, 1.165) is 0 Å². The first-order chi connectivity index (χ1) is 11.2. The third-order valence-electron chi connectivity index (χ3n) is 3.01. The Kier molecular flexibility index (Phi) is 7.03. The number of rotatable bonds is 7. The number of benzene rings is 1. The number of urea groups is 1. The zero-order valence-corrected chi connectivity index (χ0v) is 14.2. The van der Waals surface area contributed by atoms with Gasteiger partial charge in [0.2, 0.25) is 0 Å². The Balaban J connectivity index is 2.98. The molecule has 2 N–H and O–H groups in total. The van der Waals surface area contributed by atoms with Gasteiger partial charge in [-0.25, -0.2) is 9.59 Å². The number of amides is 2. The third kappa shape index (κ3) is 5.79. The molecule has 0 aliphatic rings. The van der Waals surface area contributed by atoms with Gasteiger partial charge in [-0.1, -0.05) is 0 Å². The van der Waals surface area contributed by atoms with Gasteiger partial charge in [0.15, 0.2) is 0 Å². The summed E-state index contributed by atoms with van der Waals surface area (Å²) in [5, 5.41) is 11.3. The van der Waals surface area contributed by atoms with Crippen molar-refractivity contribution in [2.45, 2.75) is 26.4 Å². The van der Waals surface area contributed by atoms with Crippen LogP contribution in [-0.4, -0.2) is 54.8 Å². The molecule has 1 rings (SSSR count). The standard InChI is InChI=1S/C16H22N2O6/c1-10(2)24-13-6-5-11(15(21)23-4)9-12(13)17-16(22)18(3)8-7-14(19)20/h5-6,9-10H,7-8H2,1-4H3,(H,17,22)(H,19,20). The molecule has 2 amide bonds. The minimum Gasteiger partial charge on any atom is -0.489 e. The van der Waals surface area contributed by atoms with Crippen molar-refractivity contribution in [1.29, 1.82) is 0 Å². The molecule has 0 saturated heterocycles. The SMILES string of the molecule is COC(=O)c1ccc(OC(C)C)c(NC(=O)N(C)CCC(=O)O)c1. The number of esters is 1. The van der Waals surface area contributed by atoms with Crippen molar-refractivity contribution in [2.24, 2.45) is 0 Å². The van der Waals surface area contributed by atoms with Gasteiger partial charge in [0.1, 0.15) is 5.75 Å². The molecule has 0 aliphatic heterocycles. The van der Waals surface area contributed by atoms with Crippen LogP contribution in [0.15, 0.2) is 18.2 Å². The molecule has 0 bridgehead atoms. The Bertz CT molecular complexity index is 615. The highest BCUT2D eigenvalue weighted by atomic mass is 16.5. The highest BCUT2D eigenvalue weighted by molar-refractivity contribution is 5.95. The van der Waals surface area contributed by atoms with Crippen molar-refractivity contribution >= 4 is 23.7 Å². The molecule has 1 aromatic carbocycles. The largest absolute Gasteiger partial charge is 0.489 e. The summed E-state index contributed by atoms with van der Waals surface area (Å²) in [5.41, 5.74) is 0.566. The van der Waals surface area contributed by atoms with Crippen molar-refractivity contribution in [2.75, 3.05) is 26.0 Å². The lowest BCUT2D eigenvalue weighted by atomic mass is 10.2. The lowest BCUT2D eigenvalue weighted by Crippen LogP contribution is -2.33. The lowest BCUT2D eigenvalue weighted by Gasteiger charge is -2.20. The number of nitrogens with zero attached hydrogens (tertiary/aromatic N) is 1. The zero-order valence-electron chi connectivity index (χ0n) is 14.2. The van der Waals surface area contributed by atoms with Crippen LogP contribution < -0.4 is 10.1 Å². The summed E-state index contributed by atoms with van der Waals surface area (Å²) in [6.45, 7) is 3.72. The molecule has 0 radical (unpaired) electrons. The molecule has 24 heavy (non-hydrogen) atoms. The second-order valence-corrected chi connectivity index (χ2v) is 5.36. The van der Waals surface area contributed by atoms with Crippen molar-refractivity contribution in [3.63, 3.8) is 0 Å². The molecule has 1 aromatic rings. The Morgan fingerprint density at radius 1 is 1.29 bits per heavy atom. The predicted octanol–water partition coefficient (Wildman–Crippen LogP) is 2.20. The average molecular weight is 338 g/mol. The molecule has 8 heteroatoms. The fourth-order valence-corrected chi connectivity index (χ4v) is 1.80. The second kappa shape index (κ2) is 8.76. The summed E-state index contributed by atoms with van der Waals surface area (Å²) in [5.74, 6) is -1.13. The van der Waals surface area contributed by atoms with Crippen LogP contribution in [0.4, 0.5) is 10.5 Å². The molecule has 0 aliphatic carbocycles. The van der Waals surface area contributed by atoms with Gasteiger partial charge >= 0.3 is 18.0 Å². The number of hydrogen-bond donors (Lipinski definition) is 2. The first-order valence-corrected chi connectivity index (χ1v) is 7.37. The number of methoxy groups -OCH3 is 1. The summed E-state index contributed by atoms with van der Waals surface area (Å²) in [7, 11) is 2.74. The van der Waals surface area contributed by atoms with Crippen LogP contribution in [-0.2, 0) is 9.53 Å². The Morgan fingerprint density at radius 3 is 2.50 bits per heavy atom. The molecule has 0 fully saturated rings. The van der Waals surface area contributed by atoms with E-state index in [1.54, 1.807) is 6.07 Å². The quantitative estimate of drug-likeness (QED) is 0.738. The van der Waals surface area contributed by atoms with E-state index in [4.69, 9.17) is 9.84 Å². The molecular formula is C16H22N2O6. The van der Waals surface area contributed by atoms with E-state index in [1.165, 1.54) is 31.2 Å². The summed E-state index contributed by atoms with van der Waals surface area (Å²) in [4.78, 5) is 35.6. The number of carboxylic acids is 1. The van der Waals surface area contributed by atoms with Gasteiger partial charge in [-0.2, -0.15) is 0 Å². The molecular weight excluding hydrogens is 316 g/mol. The summed E-state index contributed by atoms with van der Waals surface area (Å²) in [6.07, 6.45) is -0.295. The average Bonchev–Trinajstić information content (AvgIpc) is 2.52. The minimum absolute atomic E-state index is 0.0538. The van der Waals surface area contributed by atoms with E-state index in [-0.39, 0.29) is 24.6 Å². The number of nitrogens with one attached hydrogen (secondary N) is 1. The first-order valence-electron chi connectivity index (χ1n) is 7.37. The van der Waals surface area contributed by atoms with Crippen LogP contribution in [0.2, 0.25) is 0 Å². The number of ether oxygens (including phenoxy) is 2. The van der Waals surface area contributed by atoms with Crippen molar-refractivity contribution in [3.8, 4) is 5.75 Å². The number of carbonyl (C=O) groups excluding carboxylic acids is 2. The van der Waals surface area contributed by atoms with Gasteiger partial charge in [-0.05, 0) is 32.0 Å². The van der Waals surface area contributed by atoms with Gasteiger partial charge in [0.25, 0.3) is 0 Å². The van der Waals surface area contributed by atoms with Gasteiger partial charge in [0.05, 0.1) is 30.9 Å². The van der Waals surface area contributed by atoms with E-state index < -0.39 is 18.0 Å². The highest BCUT2D eigenvalue weighted by Gasteiger charge is 2.16. The topological polar surface area (TPSA) is 105 Å². The van der Waals surface area contributed by atoms with Gasteiger partial charge < -0.3 is 24.8 Å². The predicted molar refractivity (Wildman–Crippen MR) is 87.4 cm³/mol. The monoisotopic (exact) mass is 338 g/mol. The first kappa shape index (κ1) is 19.3. The maximum absolute atomic E-state index is 12.2. The normalized spacial score (nSPS) is 10.2. The molecule has 0 aromatic heterocycles. The molecule has 132 valence electrons. The van der Waals surface area contributed by atoms with Crippen LogP contribution >= 0.6 is 0 Å².